The van der Waals surface area contributed by atoms with Crippen molar-refractivity contribution in [3.05, 3.63) is 64.4 Å². The molecule has 1 atom stereocenters. The van der Waals surface area contributed by atoms with Crippen LogP contribution in [0.3, 0.4) is 0 Å². The Morgan fingerprint density at radius 1 is 1.22 bits per heavy atom. The summed E-state index contributed by atoms with van der Waals surface area (Å²) in [6.45, 7) is 0. The fourth-order valence-corrected chi connectivity index (χ4v) is 1.93. The quantitative estimate of drug-likeness (QED) is 0.921. The molecule has 0 fully saturated rings. The van der Waals surface area contributed by atoms with Gasteiger partial charge in [0, 0.05) is 10.6 Å². The van der Waals surface area contributed by atoms with Gasteiger partial charge in [0.2, 0.25) is 0 Å². The van der Waals surface area contributed by atoms with Gasteiger partial charge >= 0.3 is 0 Å². The van der Waals surface area contributed by atoms with E-state index in [-0.39, 0.29) is 0 Å². The number of ether oxygens (including phenoxy) is 1. The van der Waals surface area contributed by atoms with Gasteiger partial charge in [-0.05, 0) is 29.8 Å². The van der Waals surface area contributed by atoms with Crippen LogP contribution in [0.15, 0.2) is 42.5 Å². The number of nitrogens with two attached hydrogens (primary N) is 1. The molecule has 0 aliphatic rings. The van der Waals surface area contributed by atoms with Gasteiger partial charge in [-0.2, -0.15) is 0 Å². The summed E-state index contributed by atoms with van der Waals surface area (Å²) >= 11 is 5.71. The third-order valence-electron chi connectivity index (χ3n) is 2.75. The molecular formula is C14H13ClFNO. The molecule has 0 aliphatic heterocycles. The minimum Gasteiger partial charge on any atom is -0.497 e. The number of hydrogen-bond donors (Lipinski definition) is 1. The molecule has 0 saturated heterocycles. The Hall–Kier alpha value is -1.58. The Bertz CT molecular complexity index is 559. The summed E-state index contributed by atoms with van der Waals surface area (Å²) < 4.78 is 18.9. The predicted octanol–water partition coefficient (Wildman–Crippen LogP) is 3.54. The van der Waals surface area contributed by atoms with E-state index < -0.39 is 11.9 Å². The summed E-state index contributed by atoms with van der Waals surface area (Å²) in [6.07, 6.45) is 0. The van der Waals surface area contributed by atoms with Crippen molar-refractivity contribution in [3.8, 4) is 5.75 Å². The standard InChI is InChI=1S/C14H13ClFNO/c1-18-11-4-2-3-9(7-11)14(17)12-6-5-10(15)8-13(12)16/h2-8,14H,17H2,1H3. The van der Waals surface area contributed by atoms with Crippen molar-refractivity contribution < 1.29 is 9.13 Å². The maximum atomic E-state index is 13.8. The number of rotatable bonds is 3. The van der Waals surface area contributed by atoms with Crippen LogP contribution in [0.25, 0.3) is 0 Å². The molecule has 2 aromatic rings. The molecule has 0 radical (unpaired) electrons. The smallest absolute Gasteiger partial charge is 0.129 e. The van der Waals surface area contributed by atoms with E-state index in [0.29, 0.717) is 16.3 Å². The Morgan fingerprint density at radius 3 is 2.67 bits per heavy atom. The summed E-state index contributed by atoms with van der Waals surface area (Å²) in [7, 11) is 1.58. The summed E-state index contributed by atoms with van der Waals surface area (Å²) in [5.41, 5.74) is 7.25. The maximum absolute atomic E-state index is 13.8. The van der Waals surface area contributed by atoms with Crippen molar-refractivity contribution in [2.45, 2.75) is 6.04 Å². The zero-order valence-electron chi connectivity index (χ0n) is 9.86. The van der Waals surface area contributed by atoms with Gasteiger partial charge < -0.3 is 10.5 Å². The van der Waals surface area contributed by atoms with Gasteiger partial charge in [-0.25, -0.2) is 4.39 Å². The average molecular weight is 266 g/mol. The average Bonchev–Trinajstić information content (AvgIpc) is 2.38. The van der Waals surface area contributed by atoms with Crippen molar-refractivity contribution in [1.82, 2.24) is 0 Å². The minimum absolute atomic E-state index is 0.356. The molecule has 4 heteroatoms. The summed E-state index contributed by atoms with van der Waals surface area (Å²) in [5.74, 6) is 0.287. The van der Waals surface area contributed by atoms with Crippen LogP contribution in [-0.4, -0.2) is 7.11 Å². The zero-order valence-corrected chi connectivity index (χ0v) is 10.6. The molecular weight excluding hydrogens is 253 g/mol. The van der Waals surface area contributed by atoms with Crippen LogP contribution in [0.5, 0.6) is 5.75 Å². The molecule has 1 unspecified atom stereocenters. The van der Waals surface area contributed by atoms with Crippen molar-refractivity contribution in [2.75, 3.05) is 7.11 Å². The highest BCUT2D eigenvalue weighted by atomic mass is 35.5. The third kappa shape index (κ3) is 2.63. The number of halogens is 2. The van der Waals surface area contributed by atoms with E-state index in [2.05, 4.69) is 0 Å². The van der Waals surface area contributed by atoms with E-state index in [1.54, 1.807) is 25.3 Å². The highest BCUT2D eigenvalue weighted by Crippen LogP contribution is 2.26. The van der Waals surface area contributed by atoms with Gasteiger partial charge in [0.05, 0.1) is 13.2 Å². The number of benzene rings is 2. The Morgan fingerprint density at radius 2 is 2.00 bits per heavy atom. The molecule has 2 aromatic carbocycles. The first-order valence-corrected chi connectivity index (χ1v) is 5.84. The van der Waals surface area contributed by atoms with Crippen molar-refractivity contribution in [2.24, 2.45) is 5.73 Å². The lowest BCUT2D eigenvalue weighted by atomic mass is 9.99. The largest absolute Gasteiger partial charge is 0.497 e. The molecule has 18 heavy (non-hydrogen) atoms. The van der Waals surface area contributed by atoms with Crippen LogP contribution in [0.2, 0.25) is 5.02 Å². The van der Waals surface area contributed by atoms with Gasteiger partial charge in [-0.1, -0.05) is 29.8 Å². The SMILES string of the molecule is COc1cccc(C(N)c2ccc(Cl)cc2F)c1. The molecule has 0 bridgehead atoms. The lowest BCUT2D eigenvalue weighted by Gasteiger charge is -2.14. The molecule has 0 aliphatic carbocycles. The topological polar surface area (TPSA) is 35.2 Å². The summed E-state index contributed by atoms with van der Waals surface area (Å²) in [6, 6.07) is 11.2. The van der Waals surface area contributed by atoms with Gasteiger partial charge in [-0.15, -0.1) is 0 Å². The van der Waals surface area contributed by atoms with Crippen LogP contribution < -0.4 is 10.5 Å². The molecule has 0 heterocycles. The highest BCUT2D eigenvalue weighted by molar-refractivity contribution is 6.30. The second-order valence-corrected chi connectivity index (χ2v) is 4.36. The zero-order chi connectivity index (χ0) is 13.1. The first-order chi connectivity index (χ1) is 8.61. The fraction of sp³-hybridized carbons (Fsp3) is 0.143. The first kappa shape index (κ1) is 12.9. The first-order valence-electron chi connectivity index (χ1n) is 5.46. The van der Waals surface area contributed by atoms with E-state index in [9.17, 15) is 4.39 Å². The molecule has 0 spiro atoms. The molecule has 2 nitrogen and oxygen atoms in total. The van der Waals surface area contributed by atoms with Gasteiger partial charge in [-0.3, -0.25) is 0 Å². The Labute approximate surface area is 110 Å². The van der Waals surface area contributed by atoms with Crippen LogP contribution in [0.4, 0.5) is 4.39 Å². The van der Waals surface area contributed by atoms with Gasteiger partial charge in [0.1, 0.15) is 11.6 Å². The van der Waals surface area contributed by atoms with Crippen LogP contribution >= 0.6 is 11.6 Å². The molecule has 0 amide bonds. The van der Waals surface area contributed by atoms with E-state index in [1.807, 2.05) is 18.2 Å². The van der Waals surface area contributed by atoms with E-state index in [1.165, 1.54) is 6.07 Å². The molecule has 2 rings (SSSR count). The fourth-order valence-electron chi connectivity index (χ4n) is 1.77. The van der Waals surface area contributed by atoms with Crippen molar-refractivity contribution in [3.63, 3.8) is 0 Å². The molecule has 94 valence electrons. The van der Waals surface area contributed by atoms with Gasteiger partial charge in [0.25, 0.3) is 0 Å². The molecule has 0 aromatic heterocycles. The molecule has 2 N–H and O–H groups in total. The van der Waals surface area contributed by atoms with E-state index in [4.69, 9.17) is 22.1 Å². The number of hydrogen-bond acceptors (Lipinski definition) is 2. The normalized spacial score (nSPS) is 12.2. The third-order valence-corrected chi connectivity index (χ3v) is 2.99. The predicted molar refractivity (Wildman–Crippen MR) is 70.4 cm³/mol. The lowest BCUT2D eigenvalue weighted by molar-refractivity contribution is 0.414. The highest BCUT2D eigenvalue weighted by Gasteiger charge is 2.14. The second kappa shape index (κ2) is 5.38. The Balaban J connectivity index is 2.37. The van der Waals surface area contributed by atoms with Crippen LogP contribution in [0.1, 0.15) is 17.2 Å². The number of methoxy groups -OCH3 is 1. The van der Waals surface area contributed by atoms with Gasteiger partial charge in [0.15, 0.2) is 0 Å². The maximum Gasteiger partial charge on any atom is 0.129 e. The second-order valence-electron chi connectivity index (χ2n) is 3.92. The monoisotopic (exact) mass is 265 g/mol. The summed E-state index contributed by atoms with van der Waals surface area (Å²) in [4.78, 5) is 0. The van der Waals surface area contributed by atoms with Crippen molar-refractivity contribution in [1.29, 1.82) is 0 Å². The van der Waals surface area contributed by atoms with Crippen molar-refractivity contribution >= 4 is 11.6 Å². The van der Waals surface area contributed by atoms with E-state index >= 15 is 0 Å². The minimum atomic E-state index is -0.544. The van der Waals surface area contributed by atoms with E-state index in [0.717, 1.165) is 5.56 Å². The summed E-state index contributed by atoms with van der Waals surface area (Å²) in [5, 5.41) is 0.356. The van der Waals surface area contributed by atoms with Crippen LogP contribution in [-0.2, 0) is 0 Å². The Kier molecular flexibility index (Phi) is 3.84. The van der Waals surface area contributed by atoms with Crippen LogP contribution in [0, 0.1) is 5.82 Å². The molecule has 0 saturated carbocycles. The lowest BCUT2D eigenvalue weighted by Crippen LogP contribution is -2.13.